The largest absolute Gasteiger partial charge is 0.464 e. The van der Waals surface area contributed by atoms with Crippen LogP contribution >= 0.6 is 0 Å². The van der Waals surface area contributed by atoms with Gasteiger partial charge in [0.05, 0.1) is 24.5 Å². The number of esters is 1. The lowest BCUT2D eigenvalue weighted by Gasteiger charge is -2.26. The van der Waals surface area contributed by atoms with E-state index in [1.165, 1.54) is 0 Å². The van der Waals surface area contributed by atoms with Crippen LogP contribution in [0.4, 0.5) is 0 Å². The third-order valence-corrected chi connectivity index (χ3v) is 6.00. The van der Waals surface area contributed by atoms with Crippen LogP contribution in [0.1, 0.15) is 45.4 Å². The summed E-state index contributed by atoms with van der Waals surface area (Å²) in [6.45, 7) is 9.94. The van der Waals surface area contributed by atoms with E-state index < -0.39 is 29.4 Å². The van der Waals surface area contributed by atoms with Gasteiger partial charge < -0.3 is 20.1 Å². The predicted octanol–water partition coefficient (Wildman–Crippen LogP) is 1.81. The molecule has 0 bridgehead atoms. The number of carbonyl (C=O) groups excluding carboxylic acids is 3. The number of allylic oxidation sites excluding steroid dienone is 1. The first kappa shape index (κ1) is 23.1. The van der Waals surface area contributed by atoms with Crippen molar-refractivity contribution in [2.75, 3.05) is 20.2 Å². The van der Waals surface area contributed by atoms with Gasteiger partial charge in [-0.1, -0.05) is 12.2 Å². The monoisotopic (exact) mass is 406 g/mol. The Kier molecular flexibility index (Phi) is 8.02. The molecule has 5 atom stereocenters. The fourth-order valence-electron chi connectivity index (χ4n) is 4.18. The molecule has 0 aromatic heterocycles. The van der Waals surface area contributed by atoms with Gasteiger partial charge >= 0.3 is 5.97 Å². The Hall–Kier alpha value is -2.15. The lowest BCUT2D eigenvalue weighted by atomic mass is 9.93. The minimum Gasteiger partial charge on any atom is -0.464 e. The highest BCUT2D eigenvalue weighted by molar-refractivity contribution is 5.94. The number of aliphatic hydroxyl groups is 1. The first-order valence-corrected chi connectivity index (χ1v) is 10.5. The zero-order valence-corrected chi connectivity index (χ0v) is 17.6. The third kappa shape index (κ3) is 5.26. The van der Waals surface area contributed by atoms with E-state index in [1.807, 2.05) is 6.08 Å². The molecular formula is C22H34N2O5. The highest BCUT2D eigenvalue weighted by Gasteiger charge is 2.62. The molecule has 0 aromatic rings. The van der Waals surface area contributed by atoms with E-state index in [4.69, 9.17) is 4.74 Å². The molecule has 2 amide bonds. The van der Waals surface area contributed by atoms with Crippen molar-refractivity contribution < 1.29 is 24.2 Å². The normalized spacial score (nSPS) is 30.3. The van der Waals surface area contributed by atoms with Crippen LogP contribution < -0.4 is 5.32 Å². The molecule has 0 radical (unpaired) electrons. The van der Waals surface area contributed by atoms with Crippen molar-refractivity contribution in [1.82, 2.24) is 10.2 Å². The smallest absolute Gasteiger partial charge is 0.332 e. The van der Waals surface area contributed by atoms with Crippen molar-refractivity contribution in [2.45, 2.75) is 57.1 Å². The van der Waals surface area contributed by atoms with Crippen LogP contribution in [0.15, 0.2) is 25.3 Å². The molecule has 0 saturated heterocycles. The minimum absolute atomic E-state index is 0.137. The summed E-state index contributed by atoms with van der Waals surface area (Å²) in [6.07, 6.45) is 6.39. The molecule has 7 heteroatoms. The first-order valence-electron chi connectivity index (χ1n) is 10.5. The summed E-state index contributed by atoms with van der Waals surface area (Å²) in [5.41, 5.74) is -1.09. The number of nitrogens with one attached hydrogen (secondary N) is 1. The third-order valence-electron chi connectivity index (χ3n) is 6.00. The maximum Gasteiger partial charge on any atom is 0.332 e. The van der Waals surface area contributed by atoms with E-state index >= 15 is 0 Å². The number of aliphatic hydroxyl groups excluding tert-OH is 1. The van der Waals surface area contributed by atoms with Crippen molar-refractivity contribution >= 4 is 17.8 Å². The van der Waals surface area contributed by atoms with Crippen molar-refractivity contribution in [3.8, 4) is 0 Å². The molecule has 0 spiro atoms. The van der Waals surface area contributed by atoms with Gasteiger partial charge in [0.2, 0.25) is 11.8 Å². The summed E-state index contributed by atoms with van der Waals surface area (Å²) in [7, 11) is 1.73. The lowest BCUT2D eigenvalue weighted by molar-refractivity contribution is -0.150. The topological polar surface area (TPSA) is 95.9 Å². The van der Waals surface area contributed by atoms with Crippen LogP contribution in [0.5, 0.6) is 0 Å². The second-order valence-electron chi connectivity index (χ2n) is 8.11. The lowest BCUT2D eigenvalue weighted by Crippen LogP contribution is -2.50. The molecule has 2 saturated carbocycles. The Morgan fingerprint density at radius 2 is 1.93 bits per heavy atom. The molecule has 29 heavy (non-hydrogen) atoms. The minimum atomic E-state index is -1.09. The van der Waals surface area contributed by atoms with Gasteiger partial charge in [0, 0.05) is 19.5 Å². The number of carbonyl (C=O) groups is 3. The van der Waals surface area contributed by atoms with E-state index in [2.05, 4.69) is 18.5 Å². The second kappa shape index (κ2) is 10.1. The predicted molar refractivity (Wildman–Crippen MR) is 110 cm³/mol. The molecule has 0 aromatic carbocycles. The maximum absolute atomic E-state index is 13.0. The molecule has 1 unspecified atom stereocenters. The highest BCUT2D eigenvalue weighted by atomic mass is 16.5. The van der Waals surface area contributed by atoms with Gasteiger partial charge in [0.15, 0.2) is 0 Å². The number of nitrogens with zero attached hydrogens (tertiary/aromatic N) is 1. The Morgan fingerprint density at radius 3 is 2.52 bits per heavy atom. The average Bonchev–Trinajstić information content (AvgIpc) is 3.27. The van der Waals surface area contributed by atoms with E-state index in [0.29, 0.717) is 13.0 Å². The van der Waals surface area contributed by atoms with Crippen molar-refractivity contribution in [3.05, 3.63) is 25.3 Å². The summed E-state index contributed by atoms with van der Waals surface area (Å²) in [4.78, 5) is 39.9. The molecule has 2 N–H and O–H groups in total. The van der Waals surface area contributed by atoms with Gasteiger partial charge in [-0.3, -0.25) is 9.59 Å². The Morgan fingerprint density at radius 1 is 1.24 bits per heavy atom. The summed E-state index contributed by atoms with van der Waals surface area (Å²) < 4.78 is 5.13. The van der Waals surface area contributed by atoms with Gasteiger partial charge in [-0.25, -0.2) is 4.79 Å². The Balaban J connectivity index is 2.04. The molecule has 2 fully saturated rings. The molecule has 2 aliphatic carbocycles. The number of unbranched alkanes of at least 4 members (excludes halogenated alkanes) is 2. The zero-order valence-electron chi connectivity index (χ0n) is 17.6. The van der Waals surface area contributed by atoms with Crippen LogP contribution in [-0.2, 0) is 19.1 Å². The molecular weight excluding hydrogens is 372 g/mol. The Bertz CT molecular complexity index is 649. The number of ether oxygens (including phenoxy) is 1. The second-order valence-corrected chi connectivity index (χ2v) is 8.11. The van der Waals surface area contributed by atoms with Crippen LogP contribution in [0.2, 0.25) is 0 Å². The molecule has 2 rings (SSSR count). The van der Waals surface area contributed by atoms with Gasteiger partial charge in [-0.05, 0) is 45.4 Å². The Labute approximate surface area is 173 Å². The molecule has 0 heterocycles. The number of hydrogen-bond acceptors (Lipinski definition) is 5. The van der Waals surface area contributed by atoms with Crippen molar-refractivity contribution in [2.24, 2.45) is 17.8 Å². The van der Waals surface area contributed by atoms with E-state index in [0.717, 1.165) is 19.3 Å². The fraction of sp³-hybridized carbons (Fsp3) is 0.682. The van der Waals surface area contributed by atoms with Crippen molar-refractivity contribution in [1.29, 1.82) is 0 Å². The standard InChI is InChI=1S/C22H34N2O5/c1-5-8-9-10-11-24(4)20(27)18-13-16(25)12-17(18)19(26)23-22(14-15(22)6-2)21(28)29-7-3/h5-6,15-18,25H,1-2,7-14H2,3-4H3,(H,23,26)/t15-,16-,17?,18-,22-/m1/s1. The fourth-order valence-corrected chi connectivity index (χ4v) is 4.18. The van der Waals surface area contributed by atoms with Gasteiger partial charge in [0.1, 0.15) is 5.54 Å². The number of rotatable bonds is 11. The maximum atomic E-state index is 13.0. The zero-order chi connectivity index (χ0) is 21.6. The highest BCUT2D eigenvalue weighted by Crippen LogP contribution is 2.46. The summed E-state index contributed by atoms with van der Waals surface area (Å²) >= 11 is 0. The summed E-state index contributed by atoms with van der Waals surface area (Å²) in [5, 5.41) is 13.0. The van der Waals surface area contributed by atoms with E-state index in [1.54, 1.807) is 24.9 Å². The van der Waals surface area contributed by atoms with Crippen LogP contribution in [0.3, 0.4) is 0 Å². The molecule has 7 nitrogen and oxygen atoms in total. The SMILES string of the molecule is C=CCCCCN(C)C(=O)[C@@H]1C[C@H](O)CC1C(=O)N[C@]1(C(=O)OCC)C[C@H]1C=C. The summed E-state index contributed by atoms with van der Waals surface area (Å²) in [5.74, 6) is -2.42. The number of amides is 2. The van der Waals surface area contributed by atoms with E-state index in [9.17, 15) is 19.5 Å². The number of hydrogen-bond donors (Lipinski definition) is 2. The van der Waals surface area contributed by atoms with Crippen LogP contribution in [-0.4, -0.2) is 59.6 Å². The molecule has 0 aliphatic heterocycles. The summed E-state index contributed by atoms with van der Waals surface area (Å²) in [6, 6.07) is 0. The quantitative estimate of drug-likeness (QED) is 0.310. The first-order chi connectivity index (χ1) is 13.8. The van der Waals surface area contributed by atoms with Gasteiger partial charge in [0.25, 0.3) is 0 Å². The van der Waals surface area contributed by atoms with Crippen molar-refractivity contribution in [3.63, 3.8) is 0 Å². The molecule has 162 valence electrons. The molecule has 2 aliphatic rings. The van der Waals surface area contributed by atoms with Gasteiger partial charge in [-0.15, -0.1) is 13.2 Å². The van der Waals surface area contributed by atoms with Crippen LogP contribution in [0, 0.1) is 17.8 Å². The van der Waals surface area contributed by atoms with Crippen LogP contribution in [0.25, 0.3) is 0 Å². The van der Waals surface area contributed by atoms with Gasteiger partial charge in [-0.2, -0.15) is 0 Å². The average molecular weight is 407 g/mol. The van der Waals surface area contributed by atoms with E-state index in [-0.39, 0.29) is 37.2 Å².